The van der Waals surface area contributed by atoms with Crippen molar-refractivity contribution in [1.82, 2.24) is 4.57 Å². The highest BCUT2D eigenvalue weighted by Crippen LogP contribution is 2.36. The lowest BCUT2D eigenvalue weighted by atomic mass is 10.1. The van der Waals surface area contributed by atoms with Gasteiger partial charge in [-0.2, -0.15) is 0 Å². The Morgan fingerprint density at radius 2 is 2.00 bits per heavy atom. The fourth-order valence-corrected chi connectivity index (χ4v) is 2.06. The highest BCUT2D eigenvalue weighted by Gasteiger charge is 2.14. The largest absolute Gasteiger partial charge is 0.494 e. The molecule has 0 bridgehead atoms. The molecule has 1 heterocycles. The first-order valence-corrected chi connectivity index (χ1v) is 5.38. The second-order valence-corrected chi connectivity index (χ2v) is 4.51. The standard InChI is InChI=1S/C12H14ClNO/c1-7(2)14-6-9-8(3)4-5-10(13)11(9)12(14)15/h4-7,15H,1-3H3. The summed E-state index contributed by atoms with van der Waals surface area (Å²) in [6.07, 6.45) is 1.95. The van der Waals surface area contributed by atoms with Crippen LogP contribution in [0.4, 0.5) is 0 Å². The third kappa shape index (κ3) is 1.49. The molecule has 0 radical (unpaired) electrons. The van der Waals surface area contributed by atoms with Crippen LogP contribution < -0.4 is 0 Å². The molecule has 3 heteroatoms. The van der Waals surface area contributed by atoms with E-state index in [0.29, 0.717) is 5.02 Å². The molecule has 0 spiro atoms. The molecule has 1 N–H and O–H groups in total. The third-order valence-corrected chi connectivity index (χ3v) is 3.02. The predicted molar refractivity (Wildman–Crippen MR) is 63.7 cm³/mol. The third-order valence-electron chi connectivity index (χ3n) is 2.71. The van der Waals surface area contributed by atoms with Crippen LogP contribution in [-0.4, -0.2) is 9.67 Å². The van der Waals surface area contributed by atoms with Crippen molar-refractivity contribution < 1.29 is 5.11 Å². The van der Waals surface area contributed by atoms with Crippen LogP contribution in [0.25, 0.3) is 10.8 Å². The summed E-state index contributed by atoms with van der Waals surface area (Å²) in [4.78, 5) is 0. The molecule has 0 amide bonds. The van der Waals surface area contributed by atoms with Crippen molar-refractivity contribution >= 4 is 22.4 Å². The minimum Gasteiger partial charge on any atom is -0.494 e. The number of hydrogen-bond acceptors (Lipinski definition) is 1. The van der Waals surface area contributed by atoms with Gasteiger partial charge in [0.15, 0.2) is 0 Å². The fraction of sp³-hybridized carbons (Fsp3) is 0.333. The van der Waals surface area contributed by atoms with Crippen molar-refractivity contribution in [3.63, 3.8) is 0 Å². The molecule has 2 nitrogen and oxygen atoms in total. The number of halogens is 1. The molecule has 0 aliphatic rings. The predicted octanol–water partition coefficient (Wildman–Crippen LogP) is 3.89. The molecule has 0 aliphatic heterocycles. The fourth-order valence-electron chi connectivity index (χ4n) is 1.81. The van der Waals surface area contributed by atoms with E-state index in [-0.39, 0.29) is 11.9 Å². The Kier molecular flexibility index (Phi) is 2.39. The van der Waals surface area contributed by atoms with Gasteiger partial charge in [-0.25, -0.2) is 0 Å². The normalized spacial score (nSPS) is 11.5. The number of aryl methyl sites for hydroxylation is 1. The molecule has 0 unspecified atom stereocenters. The van der Waals surface area contributed by atoms with Crippen LogP contribution in [0.2, 0.25) is 5.02 Å². The lowest BCUT2D eigenvalue weighted by Gasteiger charge is -2.07. The summed E-state index contributed by atoms with van der Waals surface area (Å²) >= 11 is 6.08. The monoisotopic (exact) mass is 223 g/mol. The second kappa shape index (κ2) is 3.46. The molecular formula is C12H14ClNO. The first-order valence-electron chi connectivity index (χ1n) is 5.01. The van der Waals surface area contributed by atoms with E-state index in [4.69, 9.17) is 11.6 Å². The maximum Gasteiger partial charge on any atom is 0.200 e. The van der Waals surface area contributed by atoms with Crippen LogP contribution >= 0.6 is 11.6 Å². The van der Waals surface area contributed by atoms with Crippen molar-refractivity contribution in [1.29, 1.82) is 0 Å². The first-order chi connectivity index (χ1) is 7.02. The zero-order valence-electron chi connectivity index (χ0n) is 9.08. The van der Waals surface area contributed by atoms with E-state index < -0.39 is 0 Å². The number of benzene rings is 1. The average molecular weight is 224 g/mol. The van der Waals surface area contributed by atoms with Gasteiger partial charge in [-0.05, 0) is 32.4 Å². The van der Waals surface area contributed by atoms with Crippen LogP contribution in [0.3, 0.4) is 0 Å². The van der Waals surface area contributed by atoms with Gasteiger partial charge in [0.2, 0.25) is 5.88 Å². The van der Waals surface area contributed by atoms with Gasteiger partial charge in [0.1, 0.15) is 0 Å². The maximum atomic E-state index is 10.0. The van der Waals surface area contributed by atoms with Gasteiger partial charge in [-0.1, -0.05) is 17.7 Å². The van der Waals surface area contributed by atoms with Crippen molar-refractivity contribution in [2.45, 2.75) is 26.8 Å². The molecule has 2 aromatic rings. The van der Waals surface area contributed by atoms with Crippen molar-refractivity contribution in [3.8, 4) is 5.88 Å². The Hall–Kier alpha value is -1.15. The SMILES string of the molecule is Cc1ccc(Cl)c2c(O)n(C(C)C)cc12. The molecular weight excluding hydrogens is 210 g/mol. The first kappa shape index (κ1) is 10.4. The van der Waals surface area contributed by atoms with Crippen LogP contribution in [0, 0.1) is 6.92 Å². The number of aromatic nitrogens is 1. The lowest BCUT2D eigenvalue weighted by molar-refractivity contribution is 0.405. The van der Waals surface area contributed by atoms with Gasteiger partial charge in [0.05, 0.1) is 10.4 Å². The summed E-state index contributed by atoms with van der Waals surface area (Å²) in [6.45, 7) is 6.08. The van der Waals surface area contributed by atoms with Gasteiger partial charge >= 0.3 is 0 Å². The van der Waals surface area contributed by atoms with Gasteiger partial charge in [-0.3, -0.25) is 0 Å². The second-order valence-electron chi connectivity index (χ2n) is 4.11. The van der Waals surface area contributed by atoms with Crippen LogP contribution in [0.15, 0.2) is 18.3 Å². The minimum atomic E-state index is 0.230. The highest BCUT2D eigenvalue weighted by molar-refractivity contribution is 6.36. The zero-order valence-corrected chi connectivity index (χ0v) is 9.84. The number of rotatable bonds is 1. The van der Waals surface area contributed by atoms with Crippen molar-refractivity contribution in [3.05, 3.63) is 28.9 Å². The Balaban J connectivity index is 2.87. The average Bonchev–Trinajstić information content (AvgIpc) is 2.51. The number of nitrogens with zero attached hydrogens (tertiary/aromatic N) is 1. The molecule has 0 fully saturated rings. The van der Waals surface area contributed by atoms with Crippen molar-refractivity contribution in [2.75, 3.05) is 0 Å². The molecule has 2 rings (SSSR count). The summed E-state index contributed by atoms with van der Waals surface area (Å²) in [5.41, 5.74) is 1.13. The molecule has 1 aromatic heterocycles. The number of fused-ring (bicyclic) bond motifs is 1. The van der Waals surface area contributed by atoms with E-state index in [1.54, 1.807) is 0 Å². The molecule has 15 heavy (non-hydrogen) atoms. The van der Waals surface area contributed by atoms with Gasteiger partial charge in [0, 0.05) is 17.6 Å². The van der Waals surface area contributed by atoms with E-state index in [2.05, 4.69) is 0 Å². The van der Waals surface area contributed by atoms with E-state index in [0.717, 1.165) is 16.3 Å². The summed E-state index contributed by atoms with van der Waals surface area (Å²) < 4.78 is 1.84. The van der Waals surface area contributed by atoms with Crippen LogP contribution in [0.5, 0.6) is 5.88 Å². The topological polar surface area (TPSA) is 25.2 Å². The van der Waals surface area contributed by atoms with Gasteiger partial charge in [0.25, 0.3) is 0 Å². The van der Waals surface area contributed by atoms with Crippen LogP contribution in [-0.2, 0) is 0 Å². The highest BCUT2D eigenvalue weighted by atomic mass is 35.5. The Labute approximate surface area is 94.1 Å². The van der Waals surface area contributed by atoms with E-state index in [1.165, 1.54) is 0 Å². The lowest BCUT2D eigenvalue weighted by Crippen LogP contribution is -1.96. The summed E-state index contributed by atoms with van der Waals surface area (Å²) in [6, 6.07) is 4.02. The maximum absolute atomic E-state index is 10.0. The molecule has 80 valence electrons. The Morgan fingerprint density at radius 1 is 1.33 bits per heavy atom. The van der Waals surface area contributed by atoms with Crippen molar-refractivity contribution in [2.24, 2.45) is 0 Å². The summed E-state index contributed by atoms with van der Waals surface area (Å²) in [5, 5.41) is 12.4. The summed E-state index contributed by atoms with van der Waals surface area (Å²) in [5.74, 6) is 0.258. The van der Waals surface area contributed by atoms with Gasteiger partial charge < -0.3 is 9.67 Å². The Morgan fingerprint density at radius 3 is 2.53 bits per heavy atom. The Bertz CT molecular complexity index is 514. The number of hydrogen-bond donors (Lipinski definition) is 1. The quantitative estimate of drug-likeness (QED) is 0.780. The minimum absolute atomic E-state index is 0.230. The molecule has 0 saturated heterocycles. The van der Waals surface area contributed by atoms with Crippen LogP contribution in [0.1, 0.15) is 25.5 Å². The molecule has 0 atom stereocenters. The van der Waals surface area contributed by atoms with E-state index >= 15 is 0 Å². The molecule has 0 aliphatic carbocycles. The van der Waals surface area contributed by atoms with Gasteiger partial charge in [-0.15, -0.1) is 0 Å². The molecule has 0 saturated carbocycles. The molecule has 1 aromatic carbocycles. The smallest absolute Gasteiger partial charge is 0.200 e. The van der Waals surface area contributed by atoms with E-state index in [1.807, 2.05) is 43.7 Å². The zero-order chi connectivity index (χ0) is 11.2. The van der Waals surface area contributed by atoms with E-state index in [9.17, 15) is 5.11 Å². The number of aromatic hydroxyl groups is 1. The summed E-state index contributed by atoms with van der Waals surface area (Å²) in [7, 11) is 0.